The summed E-state index contributed by atoms with van der Waals surface area (Å²) in [6.07, 6.45) is 6.48. The Morgan fingerprint density at radius 1 is 1.40 bits per heavy atom. The van der Waals surface area contributed by atoms with Crippen molar-refractivity contribution in [2.75, 3.05) is 20.2 Å². The molecule has 1 aliphatic carbocycles. The van der Waals surface area contributed by atoms with E-state index in [0.717, 1.165) is 19.0 Å². The summed E-state index contributed by atoms with van der Waals surface area (Å²) in [5.41, 5.74) is 0.458. The van der Waals surface area contributed by atoms with Gasteiger partial charge in [-0.15, -0.1) is 0 Å². The van der Waals surface area contributed by atoms with Gasteiger partial charge in [-0.2, -0.15) is 0 Å². The van der Waals surface area contributed by atoms with Crippen LogP contribution in [0.2, 0.25) is 0 Å². The highest BCUT2D eigenvalue weighted by molar-refractivity contribution is 5.68. The minimum Gasteiger partial charge on any atom is -0.453 e. The molecule has 1 spiro atoms. The van der Waals surface area contributed by atoms with Gasteiger partial charge in [0, 0.05) is 18.5 Å². The minimum atomic E-state index is -0.154. The maximum Gasteiger partial charge on any atom is 0.409 e. The van der Waals surface area contributed by atoms with Crippen molar-refractivity contribution in [2.45, 2.75) is 39.0 Å². The molecule has 2 fully saturated rings. The minimum absolute atomic E-state index is 0.154. The van der Waals surface area contributed by atoms with Crippen LogP contribution < -0.4 is 0 Å². The fraction of sp³-hybridized carbons (Fsp3) is 0.917. The summed E-state index contributed by atoms with van der Waals surface area (Å²) in [4.78, 5) is 13.1. The highest BCUT2D eigenvalue weighted by Gasteiger charge is 2.46. The molecule has 1 amide bonds. The topological polar surface area (TPSA) is 29.5 Å². The molecule has 0 radical (unpaired) electrons. The Bertz CT molecular complexity index is 236. The molecule has 0 unspecified atom stereocenters. The smallest absolute Gasteiger partial charge is 0.409 e. The first kappa shape index (κ1) is 10.8. The molecule has 0 aromatic heterocycles. The van der Waals surface area contributed by atoms with Crippen LogP contribution in [0.4, 0.5) is 4.79 Å². The average molecular weight is 211 g/mol. The maximum absolute atomic E-state index is 11.2. The molecule has 2 rings (SSSR count). The van der Waals surface area contributed by atoms with E-state index >= 15 is 0 Å². The predicted octanol–water partition coefficient (Wildman–Crippen LogP) is 2.66. The van der Waals surface area contributed by atoms with Crippen molar-refractivity contribution in [3.8, 4) is 0 Å². The Labute approximate surface area is 91.8 Å². The number of carbonyl (C=O) groups excluding carboxylic acids is 1. The molecule has 0 N–H and O–H groups in total. The van der Waals surface area contributed by atoms with Gasteiger partial charge in [-0.3, -0.25) is 0 Å². The van der Waals surface area contributed by atoms with Gasteiger partial charge in [0.15, 0.2) is 0 Å². The van der Waals surface area contributed by atoms with Gasteiger partial charge in [0.25, 0.3) is 0 Å². The molecule has 1 heterocycles. The molecular weight excluding hydrogens is 190 g/mol. The van der Waals surface area contributed by atoms with Gasteiger partial charge in [0.2, 0.25) is 0 Å². The number of hydrogen-bond donors (Lipinski definition) is 0. The van der Waals surface area contributed by atoms with Gasteiger partial charge in [0.1, 0.15) is 0 Å². The van der Waals surface area contributed by atoms with Crippen LogP contribution in [0.25, 0.3) is 0 Å². The second-order valence-electron chi connectivity index (χ2n) is 5.18. The van der Waals surface area contributed by atoms with Crippen molar-refractivity contribution in [1.82, 2.24) is 4.90 Å². The molecule has 86 valence electrons. The highest BCUT2D eigenvalue weighted by atomic mass is 16.5. The van der Waals surface area contributed by atoms with E-state index in [-0.39, 0.29) is 6.09 Å². The fourth-order valence-corrected chi connectivity index (χ4v) is 3.04. The third-order valence-corrected chi connectivity index (χ3v) is 4.23. The molecule has 3 nitrogen and oxygen atoms in total. The largest absolute Gasteiger partial charge is 0.453 e. The molecule has 1 saturated heterocycles. The lowest BCUT2D eigenvalue weighted by Gasteiger charge is -2.52. The van der Waals surface area contributed by atoms with E-state index in [1.54, 1.807) is 0 Å². The zero-order valence-electron chi connectivity index (χ0n) is 9.79. The summed E-state index contributed by atoms with van der Waals surface area (Å²) >= 11 is 0. The van der Waals surface area contributed by atoms with Crippen LogP contribution in [-0.2, 0) is 4.74 Å². The Morgan fingerprint density at radius 3 is 2.47 bits per heavy atom. The number of carbonyl (C=O) groups is 1. The molecular formula is C12H21NO2. The third-order valence-electron chi connectivity index (χ3n) is 4.23. The average Bonchev–Trinajstić information content (AvgIpc) is 2.25. The van der Waals surface area contributed by atoms with Gasteiger partial charge in [-0.05, 0) is 31.6 Å². The third kappa shape index (κ3) is 1.97. The molecule has 3 heteroatoms. The van der Waals surface area contributed by atoms with Crippen LogP contribution in [0.5, 0.6) is 0 Å². The molecule has 0 atom stereocenters. The second-order valence-corrected chi connectivity index (χ2v) is 5.18. The second kappa shape index (κ2) is 4.03. The molecule has 2 aliphatic rings. The lowest BCUT2D eigenvalue weighted by atomic mass is 9.65. The zero-order valence-corrected chi connectivity index (χ0v) is 9.79. The Morgan fingerprint density at radius 2 is 2.00 bits per heavy atom. The van der Waals surface area contributed by atoms with E-state index in [4.69, 9.17) is 4.74 Å². The number of nitrogens with zero attached hydrogens (tertiary/aromatic N) is 1. The normalized spacial score (nSPS) is 25.1. The Balaban J connectivity index is 1.80. The first-order valence-corrected chi connectivity index (χ1v) is 6.02. The predicted molar refractivity (Wildman–Crippen MR) is 58.7 cm³/mol. The molecule has 1 saturated carbocycles. The standard InChI is InChI=1S/C12H21NO2/c1-3-10-4-6-12(7-5-10)8-13(9-12)11(14)15-2/h10H,3-9H2,1-2H3. The Hall–Kier alpha value is -0.730. The summed E-state index contributed by atoms with van der Waals surface area (Å²) < 4.78 is 4.72. The van der Waals surface area contributed by atoms with Crippen molar-refractivity contribution in [3.63, 3.8) is 0 Å². The van der Waals surface area contributed by atoms with Crippen molar-refractivity contribution in [3.05, 3.63) is 0 Å². The van der Waals surface area contributed by atoms with Gasteiger partial charge >= 0.3 is 6.09 Å². The maximum atomic E-state index is 11.2. The van der Waals surface area contributed by atoms with Crippen LogP contribution in [0.3, 0.4) is 0 Å². The molecule has 0 aromatic rings. The first-order chi connectivity index (χ1) is 7.19. The van der Waals surface area contributed by atoms with Crippen molar-refractivity contribution < 1.29 is 9.53 Å². The van der Waals surface area contributed by atoms with E-state index in [9.17, 15) is 4.79 Å². The highest BCUT2D eigenvalue weighted by Crippen LogP contribution is 2.46. The number of hydrogen-bond acceptors (Lipinski definition) is 2. The number of likely N-dealkylation sites (tertiary alicyclic amines) is 1. The fourth-order valence-electron chi connectivity index (χ4n) is 3.04. The summed E-state index contributed by atoms with van der Waals surface area (Å²) in [5, 5.41) is 0. The zero-order chi connectivity index (χ0) is 10.9. The lowest BCUT2D eigenvalue weighted by molar-refractivity contribution is -0.0297. The van der Waals surface area contributed by atoms with Crippen LogP contribution in [0.15, 0.2) is 0 Å². The lowest BCUT2D eigenvalue weighted by Crippen LogP contribution is -2.59. The van der Waals surface area contributed by atoms with E-state index in [1.165, 1.54) is 39.2 Å². The molecule has 1 aliphatic heterocycles. The van der Waals surface area contributed by atoms with E-state index in [0.29, 0.717) is 5.41 Å². The monoisotopic (exact) mass is 211 g/mol. The summed E-state index contributed by atoms with van der Waals surface area (Å²) in [6.45, 7) is 4.14. The summed E-state index contributed by atoms with van der Waals surface area (Å²) in [5.74, 6) is 0.933. The van der Waals surface area contributed by atoms with Gasteiger partial charge in [-0.1, -0.05) is 13.3 Å². The van der Waals surface area contributed by atoms with Crippen LogP contribution in [0.1, 0.15) is 39.0 Å². The van der Waals surface area contributed by atoms with E-state index < -0.39 is 0 Å². The number of ether oxygens (including phenoxy) is 1. The van der Waals surface area contributed by atoms with Crippen LogP contribution in [-0.4, -0.2) is 31.2 Å². The number of amides is 1. The van der Waals surface area contributed by atoms with E-state index in [1.807, 2.05) is 4.90 Å². The number of rotatable bonds is 1. The Kier molecular flexibility index (Phi) is 2.89. The molecule has 0 bridgehead atoms. The molecule has 15 heavy (non-hydrogen) atoms. The van der Waals surface area contributed by atoms with Gasteiger partial charge in [0.05, 0.1) is 7.11 Å². The quantitative estimate of drug-likeness (QED) is 0.667. The first-order valence-electron chi connectivity index (χ1n) is 6.02. The van der Waals surface area contributed by atoms with Gasteiger partial charge < -0.3 is 9.64 Å². The summed E-state index contributed by atoms with van der Waals surface area (Å²) in [6, 6.07) is 0. The van der Waals surface area contributed by atoms with Crippen molar-refractivity contribution in [1.29, 1.82) is 0 Å². The van der Waals surface area contributed by atoms with Crippen molar-refractivity contribution in [2.24, 2.45) is 11.3 Å². The van der Waals surface area contributed by atoms with Crippen LogP contribution >= 0.6 is 0 Å². The van der Waals surface area contributed by atoms with Crippen LogP contribution in [0, 0.1) is 11.3 Å². The van der Waals surface area contributed by atoms with E-state index in [2.05, 4.69) is 6.92 Å². The van der Waals surface area contributed by atoms with Crippen molar-refractivity contribution >= 4 is 6.09 Å². The number of methoxy groups -OCH3 is 1. The summed E-state index contributed by atoms with van der Waals surface area (Å²) in [7, 11) is 1.46. The van der Waals surface area contributed by atoms with Gasteiger partial charge in [-0.25, -0.2) is 4.79 Å². The molecule has 0 aromatic carbocycles. The SMILES string of the molecule is CCC1CCC2(CC1)CN(C(=O)OC)C2.